The van der Waals surface area contributed by atoms with Crippen LogP contribution in [-0.2, 0) is 4.47 Å². The van der Waals surface area contributed by atoms with Crippen LogP contribution >= 0.6 is 11.8 Å². The maximum atomic E-state index is 3.63. The molecule has 0 radical (unpaired) electrons. The molecule has 0 aliphatic heterocycles. The van der Waals surface area contributed by atoms with Gasteiger partial charge in [-0.15, -0.1) is 0 Å². The molecule has 3 heteroatoms. The summed E-state index contributed by atoms with van der Waals surface area (Å²) in [7, 11) is 0. The van der Waals surface area contributed by atoms with Gasteiger partial charge in [-0.25, -0.2) is 0 Å². The van der Waals surface area contributed by atoms with Crippen LogP contribution in [0.15, 0.2) is 94.9 Å². The maximum absolute atomic E-state index is 3.63. The molecule has 1 aromatic heterocycles. The molecule has 4 rings (SSSR count). The summed E-state index contributed by atoms with van der Waals surface area (Å²) >= 11 is 1.62. The molecule has 4 aromatic rings. The summed E-state index contributed by atoms with van der Waals surface area (Å²) in [6.45, 7) is 0. The van der Waals surface area contributed by atoms with E-state index in [1.54, 1.807) is 0 Å². The molecule has 0 unspecified atom stereocenters. The van der Waals surface area contributed by atoms with Gasteiger partial charge >= 0.3 is 157 Å². The number of hydrogen-bond acceptors (Lipinski definition) is 1. The molecule has 118 valence electrons. The molecule has 24 heavy (non-hydrogen) atoms. The molecule has 0 amide bonds. The first kappa shape index (κ1) is 15.8. The predicted molar refractivity (Wildman–Crippen MR) is 104 cm³/mol. The molecule has 0 saturated heterocycles. The van der Waals surface area contributed by atoms with Gasteiger partial charge in [0.25, 0.3) is 0 Å². The summed E-state index contributed by atoms with van der Waals surface area (Å²) in [6.07, 6.45) is 0. The van der Waals surface area contributed by atoms with Crippen LogP contribution in [0.4, 0.5) is 0 Å². The zero-order valence-corrected chi connectivity index (χ0v) is 16.3. The molecule has 3 aromatic carbocycles. The minimum absolute atomic E-state index is 0.225. The van der Waals surface area contributed by atoms with Crippen molar-refractivity contribution in [3.8, 4) is 0 Å². The Morgan fingerprint density at radius 2 is 1.42 bits per heavy atom. The minimum atomic E-state index is -0.225. The number of H-pyrrole nitrogens is 1. The first-order chi connectivity index (χ1) is 11.9. The fourth-order valence-electron chi connectivity index (χ4n) is 2.68. The molecular weight excluding hydrogens is 426 g/mol. The standard InChI is InChI=1S/C21H17NSTe/c1-3-9-16(10-4-1)23-21-19(15-24-17-11-5-2-6-12-17)18-13-7-8-14-20(18)22-21/h1-14,22H,15H2. The van der Waals surface area contributed by atoms with Crippen molar-refractivity contribution in [3.05, 3.63) is 90.5 Å². The molecule has 0 spiro atoms. The van der Waals surface area contributed by atoms with Crippen LogP contribution in [0.2, 0.25) is 0 Å². The van der Waals surface area contributed by atoms with E-state index in [9.17, 15) is 0 Å². The average molecular weight is 443 g/mol. The molecule has 1 heterocycles. The summed E-state index contributed by atoms with van der Waals surface area (Å²) < 4.78 is 2.69. The SMILES string of the molecule is c1ccc(Sc2[nH]c3ccccc3c2C[Te]c2ccccc2)cc1. The van der Waals surface area contributed by atoms with E-state index >= 15 is 0 Å². The summed E-state index contributed by atoms with van der Waals surface area (Å²) in [4.78, 5) is 4.92. The number of hydrogen-bond donors (Lipinski definition) is 1. The van der Waals surface area contributed by atoms with Crippen LogP contribution in [0, 0.1) is 0 Å². The van der Waals surface area contributed by atoms with Crippen molar-refractivity contribution in [2.45, 2.75) is 14.4 Å². The van der Waals surface area contributed by atoms with Gasteiger partial charge in [0.2, 0.25) is 0 Å². The van der Waals surface area contributed by atoms with Crippen molar-refractivity contribution in [2.75, 3.05) is 0 Å². The normalized spacial score (nSPS) is 11.0. The Bertz CT molecular complexity index is 932. The Morgan fingerprint density at radius 3 is 2.21 bits per heavy atom. The number of benzene rings is 3. The summed E-state index contributed by atoms with van der Waals surface area (Å²) in [5.41, 5.74) is 2.72. The van der Waals surface area contributed by atoms with Crippen molar-refractivity contribution in [3.63, 3.8) is 0 Å². The van der Waals surface area contributed by atoms with Crippen LogP contribution < -0.4 is 3.61 Å². The van der Waals surface area contributed by atoms with Crippen molar-refractivity contribution in [1.82, 2.24) is 4.98 Å². The fraction of sp³-hybridized carbons (Fsp3) is 0.0476. The zero-order valence-electron chi connectivity index (χ0n) is 13.1. The van der Waals surface area contributed by atoms with Crippen molar-refractivity contribution >= 4 is 47.2 Å². The van der Waals surface area contributed by atoms with E-state index < -0.39 is 0 Å². The number of nitrogens with one attached hydrogen (secondary N) is 1. The number of para-hydroxylation sites is 1. The van der Waals surface area contributed by atoms with Gasteiger partial charge in [0.05, 0.1) is 0 Å². The summed E-state index contributed by atoms with van der Waals surface area (Å²) in [5.74, 6) is 0. The third-order valence-electron chi connectivity index (χ3n) is 3.86. The molecular formula is C21H17NSTe. The van der Waals surface area contributed by atoms with Crippen LogP contribution in [0.1, 0.15) is 5.56 Å². The van der Waals surface area contributed by atoms with Crippen LogP contribution in [0.5, 0.6) is 0 Å². The molecule has 0 aliphatic carbocycles. The number of fused-ring (bicyclic) bond motifs is 1. The quantitative estimate of drug-likeness (QED) is 0.437. The van der Waals surface area contributed by atoms with Gasteiger partial charge in [-0.1, -0.05) is 0 Å². The van der Waals surface area contributed by atoms with E-state index in [4.69, 9.17) is 0 Å². The number of aromatic nitrogens is 1. The van der Waals surface area contributed by atoms with Crippen LogP contribution in [-0.4, -0.2) is 25.9 Å². The molecule has 1 N–H and O–H groups in total. The topological polar surface area (TPSA) is 15.8 Å². The molecule has 0 aliphatic rings. The monoisotopic (exact) mass is 445 g/mol. The van der Waals surface area contributed by atoms with E-state index in [0.29, 0.717) is 0 Å². The van der Waals surface area contributed by atoms with Crippen LogP contribution in [0.25, 0.3) is 10.9 Å². The predicted octanol–water partition coefficient (Wildman–Crippen LogP) is 4.85. The van der Waals surface area contributed by atoms with E-state index in [2.05, 4.69) is 89.9 Å². The van der Waals surface area contributed by atoms with Gasteiger partial charge in [-0.05, 0) is 0 Å². The third kappa shape index (κ3) is 3.54. The van der Waals surface area contributed by atoms with Gasteiger partial charge in [0.1, 0.15) is 0 Å². The second-order valence-corrected chi connectivity index (χ2v) is 9.57. The Morgan fingerprint density at radius 1 is 0.750 bits per heavy atom. The average Bonchev–Trinajstić information content (AvgIpc) is 2.99. The Kier molecular flexibility index (Phi) is 4.94. The molecule has 0 atom stereocenters. The van der Waals surface area contributed by atoms with E-state index in [-0.39, 0.29) is 20.9 Å². The molecule has 0 saturated carbocycles. The molecule has 0 bridgehead atoms. The van der Waals surface area contributed by atoms with E-state index in [0.717, 1.165) is 0 Å². The second-order valence-electron chi connectivity index (χ2n) is 5.50. The Balaban J connectivity index is 1.67. The molecule has 0 fully saturated rings. The number of aromatic amines is 1. The zero-order chi connectivity index (χ0) is 16.2. The first-order valence-electron chi connectivity index (χ1n) is 7.90. The van der Waals surface area contributed by atoms with Crippen LogP contribution in [0.3, 0.4) is 0 Å². The molecule has 1 nitrogen and oxygen atoms in total. The second kappa shape index (κ2) is 7.49. The fourth-order valence-corrected chi connectivity index (χ4v) is 6.71. The number of rotatable bonds is 5. The van der Waals surface area contributed by atoms with E-state index in [1.807, 2.05) is 11.8 Å². The Labute approximate surface area is 156 Å². The van der Waals surface area contributed by atoms with Gasteiger partial charge in [0.15, 0.2) is 0 Å². The van der Waals surface area contributed by atoms with Gasteiger partial charge < -0.3 is 0 Å². The summed E-state index contributed by atoms with van der Waals surface area (Å²) in [6, 6.07) is 30.2. The van der Waals surface area contributed by atoms with E-state index in [1.165, 1.54) is 34.5 Å². The van der Waals surface area contributed by atoms with Crippen molar-refractivity contribution < 1.29 is 0 Å². The first-order valence-corrected chi connectivity index (χ1v) is 11.5. The Hall–Kier alpha value is -1.66. The van der Waals surface area contributed by atoms with Crippen molar-refractivity contribution in [1.29, 1.82) is 0 Å². The van der Waals surface area contributed by atoms with Gasteiger partial charge in [-0.3, -0.25) is 0 Å². The third-order valence-corrected chi connectivity index (χ3v) is 7.89. The van der Waals surface area contributed by atoms with Gasteiger partial charge in [-0.2, -0.15) is 0 Å². The van der Waals surface area contributed by atoms with Crippen molar-refractivity contribution in [2.24, 2.45) is 0 Å². The van der Waals surface area contributed by atoms with Gasteiger partial charge in [0, 0.05) is 0 Å². The summed E-state index contributed by atoms with van der Waals surface area (Å²) in [5, 5.41) is 2.67.